The van der Waals surface area contributed by atoms with Gasteiger partial charge >= 0.3 is 5.97 Å². The molecule has 0 saturated carbocycles. The molecule has 8 nitrogen and oxygen atoms in total. The highest BCUT2D eigenvalue weighted by Gasteiger charge is 2.21. The Morgan fingerprint density at radius 2 is 1.83 bits per heavy atom. The first-order valence-electron chi connectivity index (χ1n) is 9.18. The molecule has 0 heterocycles. The molecule has 154 valence electrons. The van der Waals surface area contributed by atoms with Crippen LogP contribution >= 0.6 is 0 Å². The molecule has 0 bridgehead atoms. The van der Waals surface area contributed by atoms with Gasteiger partial charge in [0.2, 0.25) is 0 Å². The minimum Gasteiger partial charge on any atom is -0.495 e. The number of amides is 1. The molecule has 3 rings (SSSR count). The van der Waals surface area contributed by atoms with E-state index in [0.717, 1.165) is 16.3 Å². The first-order chi connectivity index (χ1) is 14.4. The molecular weight excluding hydrogens is 388 g/mol. The van der Waals surface area contributed by atoms with E-state index >= 15 is 0 Å². The monoisotopic (exact) mass is 408 g/mol. The highest BCUT2D eigenvalue weighted by atomic mass is 16.6. The second kappa shape index (κ2) is 9.04. The van der Waals surface area contributed by atoms with E-state index in [0.29, 0.717) is 0 Å². The molecule has 0 fully saturated rings. The highest BCUT2D eigenvalue weighted by Crippen LogP contribution is 2.29. The molecule has 0 aromatic heterocycles. The number of ether oxygens (including phenoxy) is 2. The summed E-state index contributed by atoms with van der Waals surface area (Å²) in [5.41, 5.74) is 0.714. The van der Waals surface area contributed by atoms with Crippen LogP contribution < -0.4 is 10.1 Å². The number of nitrogens with zero attached hydrogens (tertiary/aromatic N) is 1. The zero-order valence-electron chi connectivity index (χ0n) is 16.5. The van der Waals surface area contributed by atoms with Crippen LogP contribution in [0.4, 0.5) is 11.4 Å². The topological polar surface area (TPSA) is 108 Å². The standard InChI is InChI=1S/C22H20N2O6/c1-14(22(26)23-19-13-17(24(27)28)10-11-20(19)29-2)30-21(25)12-16-8-5-7-15-6-3-4-9-18(15)16/h3-11,13-14H,12H2,1-2H3,(H,23,26)/t14-/m1/s1. The van der Waals surface area contributed by atoms with Gasteiger partial charge in [-0.05, 0) is 29.3 Å². The fourth-order valence-electron chi connectivity index (χ4n) is 3.04. The number of carbonyl (C=O) groups excluding carboxylic acids is 2. The van der Waals surface area contributed by atoms with Crippen molar-refractivity contribution >= 4 is 34.0 Å². The minimum absolute atomic E-state index is 0.0130. The zero-order valence-corrected chi connectivity index (χ0v) is 16.5. The molecule has 0 radical (unpaired) electrons. The second-order valence-corrected chi connectivity index (χ2v) is 6.58. The third kappa shape index (κ3) is 4.72. The number of rotatable bonds is 7. The van der Waals surface area contributed by atoms with E-state index in [1.54, 1.807) is 0 Å². The molecule has 0 aliphatic heterocycles. The molecule has 30 heavy (non-hydrogen) atoms. The predicted octanol–water partition coefficient (Wildman–Crippen LogP) is 3.87. The Balaban J connectivity index is 1.67. The molecule has 0 aliphatic rings. The molecule has 0 saturated heterocycles. The van der Waals surface area contributed by atoms with E-state index in [-0.39, 0.29) is 23.5 Å². The summed E-state index contributed by atoms with van der Waals surface area (Å²) in [6, 6.07) is 17.1. The number of carbonyl (C=O) groups is 2. The van der Waals surface area contributed by atoms with Crippen LogP contribution in [0, 0.1) is 10.1 Å². The van der Waals surface area contributed by atoms with Gasteiger partial charge in [0.25, 0.3) is 11.6 Å². The number of hydrogen-bond acceptors (Lipinski definition) is 6. The van der Waals surface area contributed by atoms with Crippen molar-refractivity contribution in [2.24, 2.45) is 0 Å². The Labute approximate surface area is 172 Å². The number of methoxy groups -OCH3 is 1. The van der Waals surface area contributed by atoms with Crippen molar-refractivity contribution in [3.8, 4) is 5.75 Å². The maximum Gasteiger partial charge on any atom is 0.311 e. The van der Waals surface area contributed by atoms with E-state index in [1.165, 1.54) is 32.2 Å². The minimum atomic E-state index is -1.10. The first kappa shape index (κ1) is 20.8. The Morgan fingerprint density at radius 1 is 1.10 bits per heavy atom. The largest absolute Gasteiger partial charge is 0.495 e. The second-order valence-electron chi connectivity index (χ2n) is 6.58. The average molecular weight is 408 g/mol. The maximum atomic E-state index is 12.4. The average Bonchev–Trinajstić information content (AvgIpc) is 2.73. The van der Waals surface area contributed by atoms with Gasteiger partial charge in [-0.2, -0.15) is 0 Å². The fourth-order valence-corrected chi connectivity index (χ4v) is 3.04. The summed E-state index contributed by atoms with van der Waals surface area (Å²) in [6.45, 7) is 1.43. The number of hydrogen-bond donors (Lipinski definition) is 1. The van der Waals surface area contributed by atoms with Crippen molar-refractivity contribution in [3.05, 3.63) is 76.3 Å². The van der Waals surface area contributed by atoms with Crippen LogP contribution in [-0.2, 0) is 20.7 Å². The number of non-ortho nitro benzene ring substituents is 1. The number of nitro groups is 1. The maximum absolute atomic E-state index is 12.4. The number of nitro benzene ring substituents is 1. The third-order valence-electron chi connectivity index (χ3n) is 4.54. The van der Waals surface area contributed by atoms with Gasteiger partial charge in [-0.1, -0.05) is 42.5 Å². The Kier molecular flexibility index (Phi) is 6.26. The van der Waals surface area contributed by atoms with Crippen LogP contribution in [0.15, 0.2) is 60.7 Å². The Bertz CT molecular complexity index is 1110. The van der Waals surface area contributed by atoms with Crippen LogP contribution in [-0.4, -0.2) is 30.0 Å². The lowest BCUT2D eigenvalue weighted by Gasteiger charge is -2.15. The van der Waals surface area contributed by atoms with E-state index in [4.69, 9.17) is 9.47 Å². The van der Waals surface area contributed by atoms with Gasteiger partial charge in [0, 0.05) is 12.1 Å². The van der Waals surface area contributed by atoms with Crippen molar-refractivity contribution in [3.63, 3.8) is 0 Å². The molecule has 3 aromatic rings. The number of nitrogens with one attached hydrogen (secondary N) is 1. The summed E-state index contributed by atoms with van der Waals surface area (Å²) in [5.74, 6) is -0.927. The van der Waals surface area contributed by atoms with E-state index in [9.17, 15) is 19.7 Å². The Hall–Kier alpha value is -3.94. The molecule has 8 heteroatoms. The van der Waals surface area contributed by atoms with Crippen molar-refractivity contribution in [2.75, 3.05) is 12.4 Å². The number of anilines is 1. The summed E-state index contributed by atoms with van der Waals surface area (Å²) in [4.78, 5) is 35.2. The fraction of sp³-hybridized carbons (Fsp3) is 0.182. The first-order valence-corrected chi connectivity index (χ1v) is 9.18. The van der Waals surface area contributed by atoms with Gasteiger partial charge in [0.05, 0.1) is 24.1 Å². The lowest BCUT2D eigenvalue weighted by Crippen LogP contribution is -2.30. The molecule has 0 unspecified atom stereocenters. The van der Waals surface area contributed by atoms with E-state index < -0.39 is 22.9 Å². The predicted molar refractivity (Wildman–Crippen MR) is 111 cm³/mol. The molecular formula is C22H20N2O6. The van der Waals surface area contributed by atoms with Crippen molar-refractivity contribution in [1.29, 1.82) is 0 Å². The van der Waals surface area contributed by atoms with E-state index in [1.807, 2.05) is 42.5 Å². The summed E-state index contributed by atoms with van der Waals surface area (Å²) in [6.07, 6.45) is -1.09. The summed E-state index contributed by atoms with van der Waals surface area (Å²) in [5, 5.41) is 15.4. The van der Waals surface area contributed by atoms with Crippen LogP contribution in [0.3, 0.4) is 0 Å². The molecule has 0 aliphatic carbocycles. The summed E-state index contributed by atoms with van der Waals surface area (Å²) in [7, 11) is 1.38. The number of benzene rings is 3. The quantitative estimate of drug-likeness (QED) is 0.361. The number of esters is 1. The van der Waals surface area contributed by atoms with Crippen LogP contribution in [0.25, 0.3) is 10.8 Å². The van der Waals surface area contributed by atoms with Gasteiger partial charge in [0.1, 0.15) is 5.75 Å². The molecule has 1 N–H and O–H groups in total. The summed E-state index contributed by atoms with van der Waals surface area (Å²) >= 11 is 0. The molecule has 0 spiro atoms. The van der Waals surface area contributed by atoms with Gasteiger partial charge in [-0.25, -0.2) is 0 Å². The van der Waals surface area contributed by atoms with Crippen LogP contribution in [0.1, 0.15) is 12.5 Å². The summed E-state index contributed by atoms with van der Waals surface area (Å²) < 4.78 is 10.4. The van der Waals surface area contributed by atoms with E-state index in [2.05, 4.69) is 5.32 Å². The Morgan fingerprint density at radius 3 is 2.57 bits per heavy atom. The lowest BCUT2D eigenvalue weighted by molar-refractivity contribution is -0.384. The lowest BCUT2D eigenvalue weighted by atomic mass is 10.0. The molecule has 1 amide bonds. The molecule has 3 aromatic carbocycles. The normalized spacial score (nSPS) is 11.5. The van der Waals surface area contributed by atoms with Gasteiger partial charge in [0.15, 0.2) is 6.10 Å². The van der Waals surface area contributed by atoms with Gasteiger partial charge < -0.3 is 14.8 Å². The highest BCUT2D eigenvalue weighted by molar-refractivity contribution is 5.97. The third-order valence-corrected chi connectivity index (χ3v) is 4.54. The van der Waals surface area contributed by atoms with Gasteiger partial charge in [-0.3, -0.25) is 19.7 Å². The van der Waals surface area contributed by atoms with Crippen LogP contribution in [0.2, 0.25) is 0 Å². The SMILES string of the molecule is COc1ccc([N+](=O)[O-])cc1NC(=O)[C@@H](C)OC(=O)Cc1cccc2ccccc12. The smallest absolute Gasteiger partial charge is 0.311 e. The molecule has 1 atom stereocenters. The number of fused-ring (bicyclic) bond motifs is 1. The van der Waals surface area contributed by atoms with Crippen molar-refractivity contribution in [2.45, 2.75) is 19.4 Å². The van der Waals surface area contributed by atoms with Crippen molar-refractivity contribution in [1.82, 2.24) is 0 Å². The van der Waals surface area contributed by atoms with Gasteiger partial charge in [-0.15, -0.1) is 0 Å². The zero-order chi connectivity index (χ0) is 21.7. The van der Waals surface area contributed by atoms with Crippen molar-refractivity contribution < 1.29 is 24.0 Å². The van der Waals surface area contributed by atoms with Crippen LogP contribution in [0.5, 0.6) is 5.75 Å².